The molecule has 5 heteroatoms. The molecule has 3 rings (SSSR count). The van der Waals surface area contributed by atoms with E-state index in [-0.39, 0.29) is 5.15 Å². The molecule has 1 heterocycles. The Morgan fingerprint density at radius 3 is 2.47 bits per heavy atom. The van der Waals surface area contributed by atoms with Crippen LogP contribution in [0, 0.1) is 24.7 Å². The minimum atomic E-state index is 0.236. The van der Waals surface area contributed by atoms with Crippen molar-refractivity contribution in [3.63, 3.8) is 0 Å². The minimum absolute atomic E-state index is 0.236. The molecule has 1 N–H and O–H groups in total. The molecule has 0 unspecified atom stereocenters. The largest absolute Gasteiger partial charge is 0.369 e. The summed E-state index contributed by atoms with van der Waals surface area (Å²) in [6.07, 6.45) is 6.15. The Labute approximate surface area is 118 Å². The van der Waals surface area contributed by atoms with E-state index in [4.69, 9.17) is 11.6 Å². The summed E-state index contributed by atoms with van der Waals surface area (Å²) in [7, 11) is 0. The lowest BCUT2D eigenvalue weighted by Crippen LogP contribution is -2.20. The van der Waals surface area contributed by atoms with Crippen molar-refractivity contribution in [1.82, 2.24) is 9.97 Å². The summed E-state index contributed by atoms with van der Waals surface area (Å²) in [4.78, 5) is 19.4. The number of anilines is 1. The highest BCUT2D eigenvalue weighted by atomic mass is 35.5. The molecular formula is C14H18ClN3O. The van der Waals surface area contributed by atoms with Crippen LogP contribution in [0.25, 0.3) is 0 Å². The van der Waals surface area contributed by atoms with Crippen LogP contribution in [0.15, 0.2) is 0 Å². The van der Waals surface area contributed by atoms with Gasteiger partial charge >= 0.3 is 0 Å². The van der Waals surface area contributed by atoms with Gasteiger partial charge in [-0.05, 0) is 50.4 Å². The van der Waals surface area contributed by atoms with E-state index in [1.54, 1.807) is 6.92 Å². The van der Waals surface area contributed by atoms with Crippen molar-refractivity contribution < 1.29 is 4.79 Å². The van der Waals surface area contributed by atoms with E-state index in [9.17, 15) is 4.79 Å². The third-order valence-corrected chi connectivity index (χ3v) is 4.38. The van der Waals surface area contributed by atoms with Gasteiger partial charge in [-0.2, -0.15) is 0 Å². The number of aromatic nitrogens is 2. The van der Waals surface area contributed by atoms with Crippen LogP contribution in [0.1, 0.15) is 41.9 Å². The number of aryl methyl sites for hydroxylation is 1. The van der Waals surface area contributed by atoms with Gasteiger partial charge in [0.25, 0.3) is 0 Å². The summed E-state index contributed by atoms with van der Waals surface area (Å²) >= 11 is 5.98. The fraction of sp³-hybridized carbons (Fsp3) is 0.643. The number of nitrogens with zero attached hydrogens (tertiary/aromatic N) is 2. The van der Waals surface area contributed by atoms with E-state index in [0.29, 0.717) is 17.2 Å². The molecule has 0 aromatic carbocycles. The molecular weight excluding hydrogens is 262 g/mol. The van der Waals surface area contributed by atoms with Crippen molar-refractivity contribution in [1.29, 1.82) is 0 Å². The summed E-state index contributed by atoms with van der Waals surface area (Å²) in [5, 5.41) is 3.56. The molecule has 0 saturated heterocycles. The van der Waals surface area contributed by atoms with Gasteiger partial charge < -0.3 is 5.32 Å². The third-order valence-electron chi connectivity index (χ3n) is 4.09. The quantitative estimate of drug-likeness (QED) is 0.642. The molecule has 0 amide bonds. The van der Waals surface area contributed by atoms with Crippen LogP contribution in [0.2, 0.25) is 5.15 Å². The highest BCUT2D eigenvalue weighted by Crippen LogP contribution is 2.49. The maximum absolute atomic E-state index is 11.1. The average Bonchev–Trinajstić information content (AvgIpc) is 3.23. The number of hydrogen-bond acceptors (Lipinski definition) is 4. The summed E-state index contributed by atoms with van der Waals surface area (Å²) in [5.74, 6) is 3.65. The number of carbonyl (C=O) groups is 1. The Balaban J connectivity index is 1.73. The first-order valence-corrected chi connectivity index (χ1v) is 7.30. The maximum atomic E-state index is 11.1. The highest BCUT2D eigenvalue weighted by molar-refractivity contribution is 6.32. The molecule has 2 saturated carbocycles. The minimum Gasteiger partial charge on any atom is -0.369 e. The summed E-state index contributed by atoms with van der Waals surface area (Å²) in [6, 6.07) is 0. The summed E-state index contributed by atoms with van der Waals surface area (Å²) in [6.45, 7) is 2.67. The van der Waals surface area contributed by atoms with E-state index in [2.05, 4.69) is 15.3 Å². The van der Waals surface area contributed by atoms with Gasteiger partial charge in [0.2, 0.25) is 0 Å². The number of hydrogen-bond donors (Lipinski definition) is 1. The van der Waals surface area contributed by atoms with Gasteiger partial charge in [-0.25, -0.2) is 9.97 Å². The van der Waals surface area contributed by atoms with Gasteiger partial charge in [0.05, 0.1) is 5.56 Å². The summed E-state index contributed by atoms with van der Waals surface area (Å²) in [5.41, 5.74) is 0.373. The third kappa shape index (κ3) is 2.89. The fourth-order valence-electron chi connectivity index (χ4n) is 2.77. The van der Waals surface area contributed by atoms with Gasteiger partial charge in [0.1, 0.15) is 16.8 Å². The zero-order valence-electron chi connectivity index (χ0n) is 11.0. The molecule has 102 valence electrons. The second-order valence-corrected chi connectivity index (χ2v) is 6.02. The van der Waals surface area contributed by atoms with Crippen LogP contribution < -0.4 is 5.32 Å². The van der Waals surface area contributed by atoms with Gasteiger partial charge in [0, 0.05) is 6.54 Å². The summed E-state index contributed by atoms with van der Waals surface area (Å²) < 4.78 is 0. The first kappa shape index (κ1) is 12.9. The smallest absolute Gasteiger partial charge is 0.156 e. The first-order valence-electron chi connectivity index (χ1n) is 6.92. The maximum Gasteiger partial charge on any atom is 0.156 e. The Morgan fingerprint density at radius 1 is 1.32 bits per heavy atom. The lowest BCUT2D eigenvalue weighted by molar-refractivity contribution is 0.112. The molecule has 0 aliphatic heterocycles. The zero-order valence-corrected chi connectivity index (χ0v) is 11.8. The molecule has 4 nitrogen and oxygen atoms in total. The molecule has 2 aliphatic carbocycles. The molecule has 1 aromatic rings. The SMILES string of the molecule is Cc1nc(Cl)c(C=O)c(NCC(C2CC2)C2CC2)n1. The van der Waals surface area contributed by atoms with Crippen molar-refractivity contribution in [2.45, 2.75) is 32.6 Å². The normalized spacial score (nSPS) is 18.7. The first-order chi connectivity index (χ1) is 9.19. The van der Waals surface area contributed by atoms with Gasteiger partial charge in [0.15, 0.2) is 6.29 Å². The molecule has 0 bridgehead atoms. The molecule has 2 aliphatic rings. The molecule has 1 aromatic heterocycles. The second-order valence-electron chi connectivity index (χ2n) is 5.66. The number of aldehydes is 1. The number of halogens is 1. The van der Waals surface area contributed by atoms with Crippen LogP contribution in [0.4, 0.5) is 5.82 Å². The van der Waals surface area contributed by atoms with E-state index >= 15 is 0 Å². The molecule has 0 radical (unpaired) electrons. The number of carbonyl (C=O) groups excluding carboxylic acids is 1. The predicted molar refractivity (Wildman–Crippen MR) is 74.6 cm³/mol. The lowest BCUT2D eigenvalue weighted by Gasteiger charge is -2.17. The molecule has 19 heavy (non-hydrogen) atoms. The Hall–Kier alpha value is -1.16. The number of rotatable bonds is 6. The van der Waals surface area contributed by atoms with Crippen LogP contribution in [-0.4, -0.2) is 22.8 Å². The van der Waals surface area contributed by atoms with Crippen molar-refractivity contribution in [3.8, 4) is 0 Å². The van der Waals surface area contributed by atoms with Crippen LogP contribution in [-0.2, 0) is 0 Å². The van der Waals surface area contributed by atoms with Crippen molar-refractivity contribution in [3.05, 3.63) is 16.5 Å². The van der Waals surface area contributed by atoms with Crippen LogP contribution in [0.5, 0.6) is 0 Å². The molecule has 2 fully saturated rings. The topological polar surface area (TPSA) is 54.9 Å². The van der Waals surface area contributed by atoms with E-state index in [1.165, 1.54) is 25.7 Å². The van der Waals surface area contributed by atoms with Crippen molar-refractivity contribution in [2.75, 3.05) is 11.9 Å². The standard InChI is InChI=1S/C14H18ClN3O/c1-8-17-13(15)12(7-19)14(18-8)16-6-11(9-2-3-9)10-4-5-10/h7,9-11H,2-6H2,1H3,(H,16,17,18). The van der Waals surface area contributed by atoms with Gasteiger partial charge in [-0.3, -0.25) is 4.79 Å². The van der Waals surface area contributed by atoms with E-state index in [1.807, 2.05) is 0 Å². The fourth-order valence-corrected chi connectivity index (χ4v) is 3.02. The zero-order chi connectivity index (χ0) is 13.4. The van der Waals surface area contributed by atoms with Gasteiger partial charge in [-0.1, -0.05) is 11.6 Å². The lowest BCUT2D eigenvalue weighted by atomic mass is 9.98. The average molecular weight is 280 g/mol. The Kier molecular flexibility index (Phi) is 3.44. The monoisotopic (exact) mass is 279 g/mol. The number of nitrogens with one attached hydrogen (secondary N) is 1. The Bertz CT molecular complexity index is 486. The van der Waals surface area contributed by atoms with Crippen molar-refractivity contribution >= 4 is 23.7 Å². The predicted octanol–water partition coefficient (Wildman–Crippen LogP) is 3.10. The second kappa shape index (κ2) is 5.08. The van der Waals surface area contributed by atoms with Crippen LogP contribution >= 0.6 is 11.6 Å². The van der Waals surface area contributed by atoms with Crippen LogP contribution in [0.3, 0.4) is 0 Å². The van der Waals surface area contributed by atoms with Gasteiger partial charge in [-0.15, -0.1) is 0 Å². The van der Waals surface area contributed by atoms with E-state index in [0.717, 1.165) is 30.6 Å². The Morgan fingerprint density at radius 2 is 1.95 bits per heavy atom. The van der Waals surface area contributed by atoms with Crippen molar-refractivity contribution in [2.24, 2.45) is 17.8 Å². The molecule has 0 atom stereocenters. The highest BCUT2D eigenvalue weighted by Gasteiger charge is 2.41. The van der Waals surface area contributed by atoms with E-state index < -0.39 is 0 Å². The molecule has 0 spiro atoms.